The van der Waals surface area contributed by atoms with Crippen molar-refractivity contribution in [3.8, 4) is 11.5 Å². The van der Waals surface area contributed by atoms with Crippen molar-refractivity contribution in [3.05, 3.63) is 24.3 Å². The average molecular weight is 237 g/mol. The molecule has 0 bridgehead atoms. The fourth-order valence-corrected chi connectivity index (χ4v) is 1.30. The minimum absolute atomic E-state index is 0.00468. The third-order valence-electron chi connectivity index (χ3n) is 2.45. The molecular weight excluding hydrogens is 218 g/mol. The standard InChI is InChI=1S/C13H19NO3/c1-4-10(2)14-13(15)9-17-12-8-6-5-7-11(12)16-3/h5-8,10H,4,9H2,1-3H3,(H,14,15)/t10-/m0/s1. The highest BCUT2D eigenvalue weighted by atomic mass is 16.5. The molecule has 0 aromatic heterocycles. The van der Waals surface area contributed by atoms with Crippen LogP contribution < -0.4 is 14.8 Å². The second-order valence-corrected chi connectivity index (χ2v) is 3.82. The van der Waals surface area contributed by atoms with Gasteiger partial charge in [0.05, 0.1) is 7.11 Å². The summed E-state index contributed by atoms with van der Waals surface area (Å²) < 4.78 is 10.5. The molecule has 0 spiro atoms. The quantitative estimate of drug-likeness (QED) is 0.823. The highest BCUT2D eigenvalue weighted by Gasteiger charge is 2.08. The largest absolute Gasteiger partial charge is 0.493 e. The Hall–Kier alpha value is -1.71. The molecule has 0 aliphatic carbocycles. The highest BCUT2D eigenvalue weighted by Crippen LogP contribution is 2.25. The highest BCUT2D eigenvalue weighted by molar-refractivity contribution is 5.77. The molecule has 0 aliphatic heterocycles. The summed E-state index contributed by atoms with van der Waals surface area (Å²) in [6.07, 6.45) is 0.903. The summed E-state index contributed by atoms with van der Waals surface area (Å²) in [4.78, 5) is 11.5. The monoisotopic (exact) mass is 237 g/mol. The van der Waals surface area contributed by atoms with Gasteiger partial charge in [0, 0.05) is 6.04 Å². The predicted molar refractivity (Wildman–Crippen MR) is 66.4 cm³/mol. The summed E-state index contributed by atoms with van der Waals surface area (Å²) in [5.74, 6) is 1.09. The van der Waals surface area contributed by atoms with E-state index in [1.165, 1.54) is 0 Å². The van der Waals surface area contributed by atoms with Crippen LogP contribution in [-0.4, -0.2) is 25.7 Å². The van der Waals surface area contributed by atoms with Crippen molar-refractivity contribution in [1.82, 2.24) is 5.32 Å². The number of carbonyl (C=O) groups excluding carboxylic acids is 1. The van der Waals surface area contributed by atoms with Gasteiger partial charge in [-0.1, -0.05) is 19.1 Å². The molecule has 4 heteroatoms. The van der Waals surface area contributed by atoms with Gasteiger partial charge in [0.1, 0.15) is 0 Å². The van der Waals surface area contributed by atoms with E-state index in [1.807, 2.05) is 26.0 Å². The first-order valence-electron chi connectivity index (χ1n) is 5.72. The molecule has 17 heavy (non-hydrogen) atoms. The number of benzene rings is 1. The second kappa shape index (κ2) is 6.78. The maximum atomic E-state index is 11.5. The normalized spacial score (nSPS) is 11.7. The molecule has 0 heterocycles. The van der Waals surface area contributed by atoms with Crippen LogP contribution in [0.5, 0.6) is 11.5 Å². The summed E-state index contributed by atoms with van der Waals surface area (Å²) >= 11 is 0. The maximum absolute atomic E-state index is 11.5. The van der Waals surface area contributed by atoms with Gasteiger partial charge in [0.25, 0.3) is 5.91 Å². The Balaban J connectivity index is 2.47. The van der Waals surface area contributed by atoms with E-state index in [2.05, 4.69) is 5.32 Å². The molecule has 0 fully saturated rings. The zero-order valence-corrected chi connectivity index (χ0v) is 10.5. The van der Waals surface area contributed by atoms with Crippen molar-refractivity contribution in [2.45, 2.75) is 26.3 Å². The molecule has 0 radical (unpaired) electrons. The molecule has 4 nitrogen and oxygen atoms in total. The number of hydrogen-bond acceptors (Lipinski definition) is 3. The summed E-state index contributed by atoms with van der Waals surface area (Å²) in [6, 6.07) is 7.43. The fraction of sp³-hybridized carbons (Fsp3) is 0.462. The Morgan fingerprint density at radius 3 is 2.59 bits per heavy atom. The van der Waals surface area contributed by atoms with Crippen LogP contribution in [0, 0.1) is 0 Å². The number of para-hydroxylation sites is 2. The van der Waals surface area contributed by atoms with E-state index in [-0.39, 0.29) is 18.6 Å². The van der Waals surface area contributed by atoms with Gasteiger partial charge >= 0.3 is 0 Å². The van der Waals surface area contributed by atoms with Crippen molar-refractivity contribution in [1.29, 1.82) is 0 Å². The van der Waals surface area contributed by atoms with Gasteiger partial charge in [-0.2, -0.15) is 0 Å². The lowest BCUT2D eigenvalue weighted by Crippen LogP contribution is -2.35. The molecule has 1 aromatic carbocycles. The molecule has 1 rings (SSSR count). The van der Waals surface area contributed by atoms with E-state index in [1.54, 1.807) is 19.2 Å². The van der Waals surface area contributed by atoms with Crippen LogP contribution in [0.4, 0.5) is 0 Å². The second-order valence-electron chi connectivity index (χ2n) is 3.82. The average Bonchev–Trinajstić information content (AvgIpc) is 2.36. The van der Waals surface area contributed by atoms with E-state index in [9.17, 15) is 4.79 Å². The SMILES string of the molecule is CC[C@H](C)NC(=O)COc1ccccc1OC. The minimum Gasteiger partial charge on any atom is -0.493 e. The smallest absolute Gasteiger partial charge is 0.258 e. The van der Waals surface area contributed by atoms with Gasteiger partial charge in [-0.25, -0.2) is 0 Å². The summed E-state index contributed by atoms with van der Waals surface area (Å²) in [5, 5.41) is 2.83. The lowest BCUT2D eigenvalue weighted by molar-refractivity contribution is -0.123. The molecule has 1 aromatic rings. The van der Waals surface area contributed by atoms with E-state index in [4.69, 9.17) is 9.47 Å². The predicted octanol–water partition coefficient (Wildman–Crippen LogP) is 1.99. The van der Waals surface area contributed by atoms with Crippen LogP contribution in [-0.2, 0) is 4.79 Å². The zero-order chi connectivity index (χ0) is 12.7. The van der Waals surface area contributed by atoms with E-state index < -0.39 is 0 Å². The van der Waals surface area contributed by atoms with Gasteiger partial charge < -0.3 is 14.8 Å². The number of nitrogens with one attached hydrogen (secondary N) is 1. The Kier molecular flexibility index (Phi) is 5.33. The third-order valence-corrected chi connectivity index (χ3v) is 2.45. The van der Waals surface area contributed by atoms with Gasteiger partial charge in [-0.3, -0.25) is 4.79 Å². The van der Waals surface area contributed by atoms with Crippen LogP contribution >= 0.6 is 0 Å². The van der Waals surface area contributed by atoms with Gasteiger partial charge in [-0.05, 0) is 25.5 Å². The van der Waals surface area contributed by atoms with Crippen molar-refractivity contribution in [2.24, 2.45) is 0 Å². The number of rotatable bonds is 6. The number of amides is 1. The fourth-order valence-electron chi connectivity index (χ4n) is 1.30. The molecule has 0 aliphatic rings. The Morgan fingerprint density at radius 1 is 1.35 bits per heavy atom. The topological polar surface area (TPSA) is 47.6 Å². The van der Waals surface area contributed by atoms with Crippen molar-refractivity contribution in [2.75, 3.05) is 13.7 Å². The number of methoxy groups -OCH3 is 1. The first-order valence-corrected chi connectivity index (χ1v) is 5.72. The van der Waals surface area contributed by atoms with E-state index in [0.717, 1.165) is 6.42 Å². The Bertz CT molecular complexity index is 365. The summed E-state index contributed by atoms with van der Waals surface area (Å²) in [7, 11) is 1.57. The third kappa shape index (κ3) is 4.34. The van der Waals surface area contributed by atoms with Crippen LogP contribution in [0.3, 0.4) is 0 Å². The lowest BCUT2D eigenvalue weighted by atomic mass is 10.2. The molecular formula is C13H19NO3. The number of carbonyl (C=O) groups is 1. The molecule has 0 saturated carbocycles. The molecule has 1 amide bonds. The van der Waals surface area contributed by atoms with Crippen LogP contribution in [0.15, 0.2) is 24.3 Å². The number of ether oxygens (including phenoxy) is 2. The number of hydrogen-bond donors (Lipinski definition) is 1. The molecule has 0 unspecified atom stereocenters. The van der Waals surface area contributed by atoms with Gasteiger partial charge in [-0.15, -0.1) is 0 Å². The molecule has 0 saturated heterocycles. The van der Waals surface area contributed by atoms with E-state index >= 15 is 0 Å². The zero-order valence-electron chi connectivity index (χ0n) is 10.5. The minimum atomic E-state index is -0.120. The summed E-state index contributed by atoms with van der Waals surface area (Å²) in [5.41, 5.74) is 0. The van der Waals surface area contributed by atoms with Gasteiger partial charge in [0.2, 0.25) is 0 Å². The summed E-state index contributed by atoms with van der Waals surface area (Å²) in [6.45, 7) is 3.98. The van der Waals surface area contributed by atoms with Gasteiger partial charge in [0.15, 0.2) is 18.1 Å². The Morgan fingerprint density at radius 2 is 2.00 bits per heavy atom. The van der Waals surface area contributed by atoms with E-state index in [0.29, 0.717) is 11.5 Å². The first kappa shape index (κ1) is 13.4. The molecule has 1 atom stereocenters. The molecule has 94 valence electrons. The first-order chi connectivity index (χ1) is 8.17. The molecule has 1 N–H and O–H groups in total. The van der Waals surface area contributed by atoms with Crippen molar-refractivity contribution >= 4 is 5.91 Å². The van der Waals surface area contributed by atoms with Crippen molar-refractivity contribution in [3.63, 3.8) is 0 Å². The van der Waals surface area contributed by atoms with Crippen LogP contribution in [0.2, 0.25) is 0 Å². The van der Waals surface area contributed by atoms with Crippen LogP contribution in [0.1, 0.15) is 20.3 Å². The maximum Gasteiger partial charge on any atom is 0.258 e. The lowest BCUT2D eigenvalue weighted by Gasteiger charge is -2.13. The van der Waals surface area contributed by atoms with Crippen LogP contribution in [0.25, 0.3) is 0 Å². The Labute approximate surface area is 102 Å². The van der Waals surface area contributed by atoms with Crippen molar-refractivity contribution < 1.29 is 14.3 Å².